The minimum atomic E-state index is -0.910. The lowest BCUT2D eigenvalue weighted by atomic mass is 9.84. The van der Waals surface area contributed by atoms with Gasteiger partial charge in [-0.05, 0) is 24.7 Å². The summed E-state index contributed by atoms with van der Waals surface area (Å²) in [6, 6.07) is -0.394. The van der Waals surface area contributed by atoms with Crippen molar-refractivity contribution in [2.75, 3.05) is 13.1 Å². The Bertz CT molecular complexity index is 364. The van der Waals surface area contributed by atoms with E-state index in [1.807, 2.05) is 20.8 Å². The number of unbranched alkanes of at least 4 members (excludes halogenated alkanes) is 1. The minimum absolute atomic E-state index is 0.0969. The maximum Gasteiger partial charge on any atom is 0.314 e. The molecule has 122 valence electrons. The van der Waals surface area contributed by atoms with Crippen molar-refractivity contribution in [2.45, 2.75) is 46.5 Å². The smallest absolute Gasteiger partial charge is 0.314 e. The number of primary amides is 1. The number of amides is 3. The lowest BCUT2D eigenvalue weighted by molar-refractivity contribution is -0.142. The highest BCUT2D eigenvalue weighted by molar-refractivity contribution is 5.76. The summed E-state index contributed by atoms with van der Waals surface area (Å²) in [6.45, 7) is 6.40. The molecule has 21 heavy (non-hydrogen) atoms. The second-order valence-electron chi connectivity index (χ2n) is 6.36. The fourth-order valence-corrected chi connectivity index (χ4v) is 1.89. The minimum Gasteiger partial charge on any atom is -0.481 e. The van der Waals surface area contributed by atoms with Crippen molar-refractivity contribution >= 4 is 17.9 Å². The Kier molecular flexibility index (Phi) is 8.42. The van der Waals surface area contributed by atoms with Crippen molar-refractivity contribution in [3.63, 3.8) is 0 Å². The molecule has 0 saturated heterocycles. The average Bonchev–Trinajstić information content (AvgIpc) is 2.32. The molecule has 0 fully saturated rings. The molecule has 0 aliphatic carbocycles. The molecule has 1 atom stereocenters. The van der Waals surface area contributed by atoms with Crippen molar-refractivity contribution in [3.8, 4) is 0 Å². The van der Waals surface area contributed by atoms with Gasteiger partial charge in [0.15, 0.2) is 0 Å². The molecule has 7 nitrogen and oxygen atoms in total. The normalized spacial score (nSPS) is 12.5. The Labute approximate surface area is 125 Å². The Hall–Kier alpha value is -1.79. The Balaban J connectivity index is 3.93. The molecule has 5 N–H and O–H groups in total. The summed E-state index contributed by atoms with van der Waals surface area (Å²) in [4.78, 5) is 33.2. The summed E-state index contributed by atoms with van der Waals surface area (Å²) in [5.74, 6) is -1.87. The quantitative estimate of drug-likeness (QED) is 0.476. The maximum atomic E-state index is 11.5. The molecule has 0 spiro atoms. The third-order valence-electron chi connectivity index (χ3n) is 2.85. The molecule has 0 aromatic rings. The second kappa shape index (κ2) is 9.20. The summed E-state index contributed by atoms with van der Waals surface area (Å²) in [5.41, 5.74) is 4.88. The van der Waals surface area contributed by atoms with Gasteiger partial charge in [0.1, 0.15) is 0 Å². The molecular formula is C14H27N3O4. The predicted octanol–water partition coefficient (Wildman–Crippen LogP) is 1.08. The molecule has 0 aliphatic rings. The molecule has 1 unspecified atom stereocenters. The maximum absolute atomic E-state index is 11.5. The monoisotopic (exact) mass is 301 g/mol. The van der Waals surface area contributed by atoms with Gasteiger partial charge in [-0.2, -0.15) is 0 Å². The zero-order chi connectivity index (χ0) is 16.5. The van der Waals surface area contributed by atoms with Crippen LogP contribution in [0.1, 0.15) is 46.5 Å². The number of hydrogen-bond acceptors (Lipinski definition) is 3. The van der Waals surface area contributed by atoms with Gasteiger partial charge in [-0.3, -0.25) is 9.59 Å². The Morgan fingerprint density at radius 3 is 2.24 bits per heavy atom. The van der Waals surface area contributed by atoms with Gasteiger partial charge in [-0.1, -0.05) is 20.8 Å². The number of carboxylic acids is 1. The molecule has 0 bridgehead atoms. The average molecular weight is 301 g/mol. The third-order valence-corrected chi connectivity index (χ3v) is 2.85. The van der Waals surface area contributed by atoms with Gasteiger partial charge >= 0.3 is 12.0 Å². The van der Waals surface area contributed by atoms with Gasteiger partial charge in [0.2, 0.25) is 5.91 Å². The molecular weight excluding hydrogens is 274 g/mol. The highest BCUT2D eigenvalue weighted by atomic mass is 16.4. The van der Waals surface area contributed by atoms with Crippen LogP contribution in [0.5, 0.6) is 0 Å². The number of rotatable bonds is 9. The van der Waals surface area contributed by atoms with Gasteiger partial charge in [0.05, 0.1) is 5.92 Å². The van der Waals surface area contributed by atoms with Crippen molar-refractivity contribution < 1.29 is 19.5 Å². The molecule has 0 heterocycles. The van der Waals surface area contributed by atoms with Gasteiger partial charge in [0, 0.05) is 19.5 Å². The number of carbonyl (C=O) groups excluding carboxylic acids is 2. The topological polar surface area (TPSA) is 122 Å². The van der Waals surface area contributed by atoms with E-state index < -0.39 is 17.9 Å². The van der Waals surface area contributed by atoms with Crippen LogP contribution in [0.25, 0.3) is 0 Å². The van der Waals surface area contributed by atoms with E-state index in [1.165, 1.54) is 0 Å². The fraction of sp³-hybridized carbons (Fsp3) is 0.786. The van der Waals surface area contributed by atoms with E-state index in [0.29, 0.717) is 32.2 Å². The zero-order valence-electron chi connectivity index (χ0n) is 13.1. The number of nitrogens with one attached hydrogen (secondary N) is 2. The summed E-state index contributed by atoms with van der Waals surface area (Å²) in [7, 11) is 0. The number of urea groups is 1. The summed E-state index contributed by atoms with van der Waals surface area (Å²) in [5, 5.41) is 14.3. The first-order chi connectivity index (χ1) is 9.61. The third kappa shape index (κ3) is 11.7. The summed E-state index contributed by atoms with van der Waals surface area (Å²) < 4.78 is 0. The first-order valence-corrected chi connectivity index (χ1v) is 7.14. The highest BCUT2D eigenvalue weighted by Gasteiger charge is 2.24. The van der Waals surface area contributed by atoms with Crippen LogP contribution >= 0.6 is 0 Å². The van der Waals surface area contributed by atoms with Crippen molar-refractivity contribution in [1.82, 2.24) is 10.6 Å². The fourth-order valence-electron chi connectivity index (χ4n) is 1.89. The molecule has 7 heteroatoms. The standard InChI is InChI=1S/C14H27N3O4/c1-14(2,3)8-10(12(19)20)9-17-13(21)16-7-5-4-6-11(15)18/h10H,4-9H2,1-3H3,(H2,15,18)(H,19,20)(H2,16,17,21). The van der Waals surface area contributed by atoms with Gasteiger partial charge in [-0.25, -0.2) is 4.79 Å². The van der Waals surface area contributed by atoms with Crippen LogP contribution in [0.2, 0.25) is 0 Å². The van der Waals surface area contributed by atoms with Gasteiger partial charge in [-0.15, -0.1) is 0 Å². The van der Waals surface area contributed by atoms with Crippen LogP contribution in [-0.4, -0.2) is 36.1 Å². The molecule has 0 saturated carbocycles. The largest absolute Gasteiger partial charge is 0.481 e. The first kappa shape index (κ1) is 19.2. The Morgan fingerprint density at radius 2 is 1.76 bits per heavy atom. The highest BCUT2D eigenvalue weighted by Crippen LogP contribution is 2.24. The molecule has 0 aliphatic heterocycles. The number of aliphatic carboxylic acids is 1. The van der Waals surface area contributed by atoms with E-state index in [4.69, 9.17) is 10.8 Å². The van der Waals surface area contributed by atoms with Gasteiger partial charge in [0.25, 0.3) is 0 Å². The first-order valence-electron chi connectivity index (χ1n) is 7.14. The van der Waals surface area contributed by atoms with Gasteiger partial charge < -0.3 is 21.5 Å². The van der Waals surface area contributed by atoms with E-state index in [9.17, 15) is 14.4 Å². The van der Waals surface area contributed by atoms with Crippen LogP contribution in [0.4, 0.5) is 4.79 Å². The SMILES string of the molecule is CC(C)(C)CC(CNC(=O)NCCCCC(N)=O)C(=O)O. The number of carbonyl (C=O) groups is 3. The summed E-state index contributed by atoms with van der Waals surface area (Å²) in [6.07, 6.45) is 2.06. The second-order valence-corrected chi connectivity index (χ2v) is 6.36. The van der Waals surface area contributed by atoms with E-state index in [0.717, 1.165) is 0 Å². The van der Waals surface area contributed by atoms with Crippen LogP contribution in [0, 0.1) is 11.3 Å². The number of hydrogen-bond donors (Lipinski definition) is 4. The van der Waals surface area contributed by atoms with Crippen LogP contribution < -0.4 is 16.4 Å². The van der Waals surface area contributed by atoms with Crippen LogP contribution in [0.15, 0.2) is 0 Å². The van der Waals surface area contributed by atoms with Crippen LogP contribution in [-0.2, 0) is 9.59 Å². The van der Waals surface area contributed by atoms with Crippen molar-refractivity contribution in [2.24, 2.45) is 17.1 Å². The van der Waals surface area contributed by atoms with E-state index in [1.54, 1.807) is 0 Å². The van der Waals surface area contributed by atoms with E-state index >= 15 is 0 Å². The van der Waals surface area contributed by atoms with Crippen molar-refractivity contribution in [3.05, 3.63) is 0 Å². The number of nitrogens with two attached hydrogens (primary N) is 1. The van der Waals surface area contributed by atoms with E-state index in [2.05, 4.69) is 10.6 Å². The lowest BCUT2D eigenvalue weighted by Gasteiger charge is -2.23. The predicted molar refractivity (Wildman–Crippen MR) is 79.6 cm³/mol. The lowest BCUT2D eigenvalue weighted by Crippen LogP contribution is -2.41. The number of carboxylic acid groups (broad SMARTS) is 1. The van der Waals surface area contributed by atoms with Crippen molar-refractivity contribution in [1.29, 1.82) is 0 Å². The summed E-state index contributed by atoms with van der Waals surface area (Å²) >= 11 is 0. The Morgan fingerprint density at radius 1 is 1.14 bits per heavy atom. The van der Waals surface area contributed by atoms with Crippen LogP contribution in [0.3, 0.4) is 0 Å². The molecule has 0 radical (unpaired) electrons. The zero-order valence-corrected chi connectivity index (χ0v) is 13.1. The molecule has 3 amide bonds. The molecule has 0 aromatic carbocycles. The molecule has 0 rings (SSSR count). The van der Waals surface area contributed by atoms with E-state index in [-0.39, 0.29) is 17.9 Å². The molecule has 0 aromatic heterocycles.